The predicted octanol–water partition coefficient (Wildman–Crippen LogP) is 3.90. The smallest absolute Gasteiger partial charge is 0.0646 e. The minimum Gasteiger partial charge on any atom is -0.320 e. The van der Waals surface area contributed by atoms with Crippen molar-refractivity contribution in [2.75, 3.05) is 0 Å². The SMILES string of the molecule is Cc1cc(C(N)c2ccc3c(c2)CCC3)sc1C. The molecule has 1 aliphatic rings. The van der Waals surface area contributed by atoms with Crippen molar-refractivity contribution in [1.29, 1.82) is 0 Å². The van der Waals surface area contributed by atoms with E-state index in [4.69, 9.17) is 5.73 Å². The molecular weight excluding hydrogens is 238 g/mol. The third-order valence-electron chi connectivity index (χ3n) is 3.97. The van der Waals surface area contributed by atoms with Gasteiger partial charge in [-0.2, -0.15) is 0 Å². The number of thiophene rings is 1. The minimum atomic E-state index is 0.0355. The molecule has 0 aliphatic heterocycles. The molecule has 0 fully saturated rings. The maximum absolute atomic E-state index is 6.40. The zero-order valence-electron chi connectivity index (χ0n) is 11.0. The van der Waals surface area contributed by atoms with Crippen LogP contribution in [-0.2, 0) is 12.8 Å². The highest BCUT2D eigenvalue weighted by Gasteiger charge is 2.16. The van der Waals surface area contributed by atoms with Crippen LogP contribution in [0.5, 0.6) is 0 Å². The van der Waals surface area contributed by atoms with E-state index in [1.54, 1.807) is 0 Å². The monoisotopic (exact) mass is 257 g/mol. The molecule has 2 aromatic rings. The summed E-state index contributed by atoms with van der Waals surface area (Å²) in [5, 5.41) is 0. The molecule has 1 unspecified atom stereocenters. The Bertz CT molecular complexity index is 563. The lowest BCUT2D eigenvalue weighted by atomic mass is 10.0. The average molecular weight is 257 g/mol. The van der Waals surface area contributed by atoms with E-state index >= 15 is 0 Å². The van der Waals surface area contributed by atoms with Crippen molar-refractivity contribution in [3.8, 4) is 0 Å². The van der Waals surface area contributed by atoms with Gasteiger partial charge < -0.3 is 5.73 Å². The van der Waals surface area contributed by atoms with Crippen molar-refractivity contribution in [3.63, 3.8) is 0 Å². The number of nitrogens with two attached hydrogens (primary N) is 1. The molecule has 2 heteroatoms. The van der Waals surface area contributed by atoms with E-state index in [1.807, 2.05) is 11.3 Å². The summed E-state index contributed by atoms with van der Waals surface area (Å²) in [6.45, 7) is 4.32. The first kappa shape index (κ1) is 11.9. The first-order valence-electron chi connectivity index (χ1n) is 6.59. The second kappa shape index (κ2) is 4.52. The third-order valence-corrected chi connectivity index (χ3v) is 5.21. The zero-order chi connectivity index (χ0) is 12.7. The van der Waals surface area contributed by atoms with Gasteiger partial charge in [-0.1, -0.05) is 18.2 Å². The number of fused-ring (bicyclic) bond motifs is 1. The molecule has 0 amide bonds. The highest BCUT2D eigenvalue weighted by molar-refractivity contribution is 7.12. The summed E-state index contributed by atoms with van der Waals surface area (Å²) in [4.78, 5) is 2.66. The fraction of sp³-hybridized carbons (Fsp3) is 0.375. The summed E-state index contributed by atoms with van der Waals surface area (Å²) in [6.07, 6.45) is 3.76. The van der Waals surface area contributed by atoms with E-state index < -0.39 is 0 Å². The van der Waals surface area contributed by atoms with E-state index in [1.165, 1.54) is 51.3 Å². The van der Waals surface area contributed by atoms with Crippen molar-refractivity contribution < 1.29 is 0 Å². The molecule has 1 aromatic carbocycles. The molecule has 1 aliphatic carbocycles. The average Bonchev–Trinajstić information content (AvgIpc) is 2.95. The summed E-state index contributed by atoms with van der Waals surface area (Å²) in [5.74, 6) is 0. The van der Waals surface area contributed by atoms with E-state index in [2.05, 4.69) is 38.1 Å². The normalized spacial score (nSPS) is 15.7. The molecule has 0 spiro atoms. The number of hydrogen-bond donors (Lipinski definition) is 1. The van der Waals surface area contributed by atoms with Gasteiger partial charge in [0.25, 0.3) is 0 Å². The quantitative estimate of drug-likeness (QED) is 0.867. The van der Waals surface area contributed by atoms with Crippen LogP contribution in [0.3, 0.4) is 0 Å². The van der Waals surface area contributed by atoms with E-state index in [9.17, 15) is 0 Å². The Morgan fingerprint density at radius 1 is 1.11 bits per heavy atom. The van der Waals surface area contributed by atoms with Crippen molar-refractivity contribution in [3.05, 3.63) is 56.3 Å². The van der Waals surface area contributed by atoms with Crippen molar-refractivity contribution in [2.24, 2.45) is 5.73 Å². The van der Waals surface area contributed by atoms with Gasteiger partial charge in [-0.3, -0.25) is 0 Å². The number of rotatable bonds is 2. The third kappa shape index (κ3) is 2.00. The van der Waals surface area contributed by atoms with Gasteiger partial charge >= 0.3 is 0 Å². The van der Waals surface area contributed by atoms with E-state index in [0.29, 0.717) is 0 Å². The molecule has 2 N–H and O–H groups in total. The maximum atomic E-state index is 6.40. The molecule has 0 bridgehead atoms. The fourth-order valence-electron chi connectivity index (χ4n) is 2.70. The lowest BCUT2D eigenvalue weighted by Crippen LogP contribution is -2.10. The first-order chi connectivity index (χ1) is 8.65. The molecule has 1 heterocycles. The lowest BCUT2D eigenvalue weighted by Gasteiger charge is -2.12. The summed E-state index contributed by atoms with van der Waals surface area (Å²) < 4.78 is 0. The second-order valence-corrected chi connectivity index (χ2v) is 6.54. The molecule has 0 radical (unpaired) electrons. The van der Waals surface area contributed by atoms with Crippen molar-refractivity contribution in [1.82, 2.24) is 0 Å². The van der Waals surface area contributed by atoms with Crippen molar-refractivity contribution in [2.45, 2.75) is 39.2 Å². The van der Waals surface area contributed by atoms with Gasteiger partial charge in [-0.15, -0.1) is 11.3 Å². The molecular formula is C16H19NS. The summed E-state index contributed by atoms with van der Waals surface area (Å²) in [6, 6.07) is 9.06. The maximum Gasteiger partial charge on any atom is 0.0646 e. The van der Waals surface area contributed by atoms with Gasteiger partial charge in [0.15, 0.2) is 0 Å². The fourth-order valence-corrected chi connectivity index (χ4v) is 3.78. The Morgan fingerprint density at radius 3 is 2.61 bits per heavy atom. The molecule has 0 saturated heterocycles. The Hall–Kier alpha value is -1.12. The Balaban J connectivity index is 1.94. The molecule has 1 atom stereocenters. The molecule has 3 rings (SSSR count). The second-order valence-electron chi connectivity index (χ2n) is 5.25. The van der Waals surface area contributed by atoms with Gasteiger partial charge in [0.05, 0.1) is 6.04 Å². The lowest BCUT2D eigenvalue weighted by molar-refractivity contribution is 0.886. The van der Waals surface area contributed by atoms with Crippen LogP contribution >= 0.6 is 11.3 Å². The van der Waals surface area contributed by atoms with Crippen LogP contribution in [-0.4, -0.2) is 0 Å². The Morgan fingerprint density at radius 2 is 1.89 bits per heavy atom. The van der Waals surface area contributed by atoms with Crippen LogP contribution in [0.2, 0.25) is 0 Å². The number of aryl methyl sites for hydroxylation is 4. The molecule has 94 valence electrons. The summed E-state index contributed by atoms with van der Waals surface area (Å²) >= 11 is 1.83. The Labute approximate surface area is 113 Å². The number of benzene rings is 1. The summed E-state index contributed by atoms with van der Waals surface area (Å²) in [5.41, 5.74) is 12.0. The molecule has 1 aromatic heterocycles. The molecule has 1 nitrogen and oxygen atoms in total. The van der Waals surface area contributed by atoms with Crippen LogP contribution in [0.1, 0.15) is 44.5 Å². The van der Waals surface area contributed by atoms with Crippen LogP contribution in [0.15, 0.2) is 24.3 Å². The highest BCUT2D eigenvalue weighted by atomic mass is 32.1. The largest absolute Gasteiger partial charge is 0.320 e. The van der Waals surface area contributed by atoms with Crippen LogP contribution in [0.25, 0.3) is 0 Å². The minimum absolute atomic E-state index is 0.0355. The van der Waals surface area contributed by atoms with Gasteiger partial charge in [0.2, 0.25) is 0 Å². The van der Waals surface area contributed by atoms with Gasteiger partial charge in [-0.05, 0) is 61.4 Å². The van der Waals surface area contributed by atoms with Crippen LogP contribution in [0, 0.1) is 13.8 Å². The van der Waals surface area contributed by atoms with E-state index in [-0.39, 0.29) is 6.04 Å². The molecule has 0 saturated carbocycles. The van der Waals surface area contributed by atoms with Crippen LogP contribution < -0.4 is 5.73 Å². The zero-order valence-corrected chi connectivity index (χ0v) is 11.8. The highest BCUT2D eigenvalue weighted by Crippen LogP contribution is 2.31. The first-order valence-corrected chi connectivity index (χ1v) is 7.41. The van der Waals surface area contributed by atoms with Crippen LogP contribution in [0.4, 0.5) is 0 Å². The summed E-state index contributed by atoms with van der Waals surface area (Å²) in [7, 11) is 0. The number of hydrogen-bond acceptors (Lipinski definition) is 2. The van der Waals surface area contributed by atoms with E-state index in [0.717, 1.165) is 0 Å². The van der Waals surface area contributed by atoms with Gasteiger partial charge in [0.1, 0.15) is 0 Å². The van der Waals surface area contributed by atoms with Gasteiger partial charge in [0, 0.05) is 9.75 Å². The van der Waals surface area contributed by atoms with Crippen molar-refractivity contribution >= 4 is 11.3 Å². The topological polar surface area (TPSA) is 26.0 Å². The standard InChI is InChI=1S/C16H19NS/c1-10-8-15(18-11(10)2)16(17)14-7-6-12-4-3-5-13(12)9-14/h6-9,16H,3-5,17H2,1-2H3. The van der Waals surface area contributed by atoms with Gasteiger partial charge in [-0.25, -0.2) is 0 Å². The molecule has 18 heavy (non-hydrogen) atoms. The predicted molar refractivity (Wildman–Crippen MR) is 78.3 cm³/mol. The Kier molecular flexibility index (Phi) is 3.00.